The van der Waals surface area contributed by atoms with E-state index in [-0.39, 0.29) is 5.91 Å². The molecule has 0 saturated heterocycles. The summed E-state index contributed by atoms with van der Waals surface area (Å²) in [5.41, 5.74) is 6.77. The molecule has 1 amide bonds. The van der Waals surface area contributed by atoms with Crippen LogP contribution in [0.2, 0.25) is 0 Å². The molecule has 3 N–H and O–H groups in total. The van der Waals surface area contributed by atoms with Crippen LogP contribution in [0.1, 0.15) is 17.3 Å². The number of anilines is 1. The lowest BCUT2D eigenvalue weighted by atomic mass is 10.1. The van der Waals surface area contributed by atoms with Crippen molar-refractivity contribution < 1.29 is 9.53 Å². The molecule has 5 heteroatoms. The molecule has 0 fully saturated rings. The summed E-state index contributed by atoms with van der Waals surface area (Å²) in [6.45, 7) is 2.42. The molecule has 0 aromatic heterocycles. The van der Waals surface area contributed by atoms with Crippen molar-refractivity contribution in [2.24, 2.45) is 0 Å². The lowest BCUT2D eigenvalue weighted by Gasteiger charge is -2.11. The first-order valence-corrected chi connectivity index (χ1v) is 7.00. The fourth-order valence-electron chi connectivity index (χ4n) is 1.70. The fraction of sp³-hybridized carbons (Fsp3) is 0.133. The van der Waals surface area contributed by atoms with E-state index in [0.717, 1.165) is 4.47 Å². The van der Waals surface area contributed by atoms with Gasteiger partial charge in [0.1, 0.15) is 11.5 Å². The number of hydrogen-bond donors (Lipinski definition) is 2. The molecule has 0 aliphatic rings. The van der Waals surface area contributed by atoms with E-state index < -0.39 is 0 Å². The number of benzene rings is 2. The van der Waals surface area contributed by atoms with Gasteiger partial charge in [0, 0.05) is 22.8 Å². The van der Waals surface area contributed by atoms with Crippen molar-refractivity contribution >= 4 is 27.5 Å². The van der Waals surface area contributed by atoms with Crippen LogP contribution in [0.15, 0.2) is 46.9 Å². The van der Waals surface area contributed by atoms with Crippen LogP contribution in [0.3, 0.4) is 0 Å². The number of ether oxygens (including phenoxy) is 1. The van der Waals surface area contributed by atoms with Gasteiger partial charge in [-0.3, -0.25) is 4.79 Å². The maximum Gasteiger partial charge on any atom is 0.255 e. The molecule has 2 rings (SSSR count). The van der Waals surface area contributed by atoms with Crippen LogP contribution < -0.4 is 15.8 Å². The molecule has 0 heterocycles. The third kappa shape index (κ3) is 3.51. The zero-order chi connectivity index (χ0) is 14.5. The Morgan fingerprint density at radius 3 is 2.60 bits per heavy atom. The molecule has 0 aliphatic heterocycles. The molecule has 20 heavy (non-hydrogen) atoms. The molecule has 0 unspecified atom stereocenters. The summed E-state index contributed by atoms with van der Waals surface area (Å²) in [6.07, 6.45) is 0. The average Bonchev–Trinajstić information content (AvgIpc) is 2.42. The van der Waals surface area contributed by atoms with E-state index in [2.05, 4.69) is 21.2 Å². The average molecular weight is 335 g/mol. The second-order valence-corrected chi connectivity index (χ2v) is 5.09. The van der Waals surface area contributed by atoms with E-state index in [1.807, 2.05) is 31.2 Å². The van der Waals surface area contributed by atoms with Crippen molar-refractivity contribution in [3.05, 3.63) is 52.5 Å². The van der Waals surface area contributed by atoms with Crippen molar-refractivity contribution in [2.75, 3.05) is 12.3 Å². The molecule has 0 saturated carbocycles. The number of nitrogens with two attached hydrogens (primary N) is 1. The Bertz CT molecular complexity index is 612. The predicted octanol–water partition coefficient (Wildman–Crippen LogP) is 3.57. The van der Waals surface area contributed by atoms with Crippen LogP contribution in [0, 0.1) is 0 Å². The Balaban J connectivity index is 2.31. The van der Waals surface area contributed by atoms with Crippen molar-refractivity contribution in [3.8, 4) is 11.5 Å². The van der Waals surface area contributed by atoms with E-state index in [1.54, 1.807) is 18.2 Å². The molecule has 2 aromatic carbocycles. The molecule has 4 nitrogen and oxygen atoms in total. The minimum absolute atomic E-state index is 0.181. The molecular weight excluding hydrogens is 320 g/mol. The third-order valence-corrected chi connectivity index (χ3v) is 3.16. The van der Waals surface area contributed by atoms with Crippen LogP contribution in [-0.4, -0.2) is 12.5 Å². The van der Waals surface area contributed by atoms with Crippen molar-refractivity contribution in [2.45, 2.75) is 6.92 Å². The summed E-state index contributed by atoms with van der Waals surface area (Å²) in [5.74, 6) is 0.905. The minimum Gasteiger partial charge on any atom is -0.456 e. The predicted molar refractivity (Wildman–Crippen MR) is 83.1 cm³/mol. The van der Waals surface area contributed by atoms with Gasteiger partial charge in [-0.05, 0) is 43.3 Å². The van der Waals surface area contributed by atoms with Gasteiger partial charge in [0.15, 0.2) is 0 Å². The van der Waals surface area contributed by atoms with Crippen molar-refractivity contribution in [1.29, 1.82) is 0 Å². The highest BCUT2D eigenvalue weighted by atomic mass is 79.9. The van der Waals surface area contributed by atoms with Gasteiger partial charge < -0.3 is 15.8 Å². The smallest absolute Gasteiger partial charge is 0.255 e. The molecule has 0 spiro atoms. The first kappa shape index (κ1) is 14.4. The molecular formula is C15H15BrN2O2. The van der Waals surface area contributed by atoms with E-state index in [4.69, 9.17) is 10.5 Å². The summed E-state index contributed by atoms with van der Waals surface area (Å²) < 4.78 is 6.71. The normalized spacial score (nSPS) is 10.1. The highest BCUT2D eigenvalue weighted by Gasteiger charge is 2.13. The van der Waals surface area contributed by atoms with Crippen molar-refractivity contribution in [3.63, 3.8) is 0 Å². The van der Waals surface area contributed by atoms with Gasteiger partial charge in [0.25, 0.3) is 5.91 Å². The number of hydrogen-bond acceptors (Lipinski definition) is 3. The maximum atomic E-state index is 12.0. The highest BCUT2D eigenvalue weighted by molar-refractivity contribution is 9.10. The molecule has 0 aliphatic carbocycles. The summed E-state index contributed by atoms with van der Waals surface area (Å²) >= 11 is 3.36. The van der Waals surface area contributed by atoms with E-state index in [9.17, 15) is 4.79 Å². The lowest BCUT2D eigenvalue weighted by Crippen LogP contribution is -2.23. The SMILES string of the molecule is CCNC(=O)c1ccc(N)cc1Oc1ccc(Br)cc1. The molecule has 0 radical (unpaired) electrons. The van der Waals surface area contributed by atoms with Crippen LogP contribution in [-0.2, 0) is 0 Å². The zero-order valence-electron chi connectivity index (χ0n) is 11.0. The van der Waals surface area contributed by atoms with Gasteiger partial charge in [-0.1, -0.05) is 15.9 Å². The number of nitrogen functional groups attached to an aromatic ring is 1. The van der Waals surface area contributed by atoms with E-state index in [1.165, 1.54) is 0 Å². The quantitative estimate of drug-likeness (QED) is 0.840. The number of carbonyl (C=O) groups excluding carboxylic acids is 1. The number of carbonyl (C=O) groups is 1. The van der Waals surface area contributed by atoms with Gasteiger partial charge in [-0.2, -0.15) is 0 Å². The van der Waals surface area contributed by atoms with Gasteiger partial charge in [0.05, 0.1) is 5.56 Å². The monoisotopic (exact) mass is 334 g/mol. The highest BCUT2D eigenvalue weighted by Crippen LogP contribution is 2.28. The second kappa shape index (κ2) is 6.43. The Morgan fingerprint density at radius 1 is 1.25 bits per heavy atom. The molecule has 2 aromatic rings. The topological polar surface area (TPSA) is 64.4 Å². The Hall–Kier alpha value is -2.01. The van der Waals surface area contributed by atoms with Gasteiger partial charge in [-0.25, -0.2) is 0 Å². The summed E-state index contributed by atoms with van der Waals surface area (Å²) in [6, 6.07) is 12.4. The molecule has 0 bridgehead atoms. The molecule has 0 atom stereocenters. The van der Waals surface area contributed by atoms with Crippen LogP contribution >= 0.6 is 15.9 Å². The standard InChI is InChI=1S/C15H15BrN2O2/c1-2-18-15(19)13-8-5-11(17)9-14(13)20-12-6-3-10(16)4-7-12/h3-9H,2,17H2,1H3,(H,18,19). The van der Waals surface area contributed by atoms with E-state index >= 15 is 0 Å². The number of halogens is 1. The lowest BCUT2D eigenvalue weighted by molar-refractivity contribution is 0.0953. The third-order valence-electron chi connectivity index (χ3n) is 2.63. The van der Waals surface area contributed by atoms with Gasteiger partial charge in [0.2, 0.25) is 0 Å². The van der Waals surface area contributed by atoms with E-state index in [0.29, 0.717) is 29.3 Å². The zero-order valence-corrected chi connectivity index (χ0v) is 12.6. The minimum atomic E-state index is -0.181. The van der Waals surface area contributed by atoms with Crippen molar-refractivity contribution in [1.82, 2.24) is 5.32 Å². The first-order valence-electron chi connectivity index (χ1n) is 6.21. The van der Waals surface area contributed by atoms with Crippen LogP contribution in [0.5, 0.6) is 11.5 Å². The Labute approximate surface area is 126 Å². The maximum absolute atomic E-state index is 12.0. The summed E-state index contributed by atoms with van der Waals surface area (Å²) in [4.78, 5) is 12.0. The number of nitrogens with one attached hydrogen (secondary N) is 1. The Kier molecular flexibility index (Phi) is 4.63. The number of rotatable bonds is 4. The Morgan fingerprint density at radius 2 is 1.95 bits per heavy atom. The van der Waals surface area contributed by atoms with Gasteiger partial charge in [-0.15, -0.1) is 0 Å². The second-order valence-electron chi connectivity index (χ2n) is 4.17. The first-order chi connectivity index (χ1) is 9.60. The summed E-state index contributed by atoms with van der Waals surface area (Å²) in [7, 11) is 0. The summed E-state index contributed by atoms with van der Waals surface area (Å²) in [5, 5.41) is 2.75. The number of amides is 1. The molecule has 104 valence electrons. The fourth-order valence-corrected chi connectivity index (χ4v) is 1.96. The van der Waals surface area contributed by atoms with Gasteiger partial charge >= 0.3 is 0 Å². The van der Waals surface area contributed by atoms with Crippen LogP contribution in [0.25, 0.3) is 0 Å². The largest absolute Gasteiger partial charge is 0.456 e. The van der Waals surface area contributed by atoms with Crippen LogP contribution in [0.4, 0.5) is 5.69 Å².